The minimum Gasteiger partial charge on any atom is -0.433 e. The summed E-state index contributed by atoms with van der Waals surface area (Å²) in [5.74, 6) is 0. The van der Waals surface area contributed by atoms with E-state index in [4.69, 9.17) is 4.65 Å². The van der Waals surface area contributed by atoms with Gasteiger partial charge in [0, 0.05) is 13.2 Å². The van der Waals surface area contributed by atoms with Crippen molar-refractivity contribution in [1.29, 1.82) is 0 Å². The highest BCUT2D eigenvalue weighted by atomic mass is 16.4. The van der Waals surface area contributed by atoms with Gasteiger partial charge in [0.25, 0.3) is 0 Å². The Morgan fingerprint density at radius 1 is 1.11 bits per heavy atom. The molecule has 0 saturated carbocycles. The summed E-state index contributed by atoms with van der Waals surface area (Å²) in [5.41, 5.74) is 3.54. The molecular formula is C16H19BNO. The number of rotatable bonds is 6. The summed E-state index contributed by atoms with van der Waals surface area (Å²) in [7, 11) is 4.71. The molecule has 0 fully saturated rings. The van der Waals surface area contributed by atoms with E-state index < -0.39 is 0 Å². The van der Waals surface area contributed by atoms with E-state index in [2.05, 4.69) is 47.4 Å². The molecule has 0 atom stereocenters. The van der Waals surface area contributed by atoms with E-state index in [9.17, 15) is 0 Å². The molecule has 1 radical (unpaired) electrons. The Morgan fingerprint density at radius 2 is 1.89 bits per heavy atom. The third kappa shape index (κ3) is 4.54. The van der Waals surface area contributed by atoms with Gasteiger partial charge in [-0.3, -0.25) is 0 Å². The molecule has 2 nitrogen and oxygen atoms in total. The van der Waals surface area contributed by atoms with Crippen molar-refractivity contribution in [2.24, 2.45) is 0 Å². The number of hydrogen-bond acceptors (Lipinski definition) is 2. The topological polar surface area (TPSA) is 12.5 Å². The Kier molecular flexibility index (Phi) is 5.19. The van der Waals surface area contributed by atoms with Gasteiger partial charge in [-0.25, -0.2) is 0 Å². The van der Waals surface area contributed by atoms with Gasteiger partial charge >= 0.3 is 7.48 Å². The Hall–Kier alpha value is -1.58. The number of benzene rings is 2. The lowest BCUT2D eigenvalue weighted by Gasteiger charge is -2.10. The van der Waals surface area contributed by atoms with Gasteiger partial charge < -0.3 is 9.55 Å². The average molecular weight is 252 g/mol. The fraction of sp³-hybridized carbons (Fsp3) is 0.250. The first-order valence-electron chi connectivity index (χ1n) is 6.54. The lowest BCUT2D eigenvalue weighted by molar-refractivity contribution is 0.275. The minimum absolute atomic E-state index is 0.620. The first-order chi connectivity index (χ1) is 9.25. The van der Waals surface area contributed by atoms with E-state index in [0.29, 0.717) is 7.48 Å². The first kappa shape index (κ1) is 13.8. The van der Waals surface area contributed by atoms with Crippen molar-refractivity contribution in [1.82, 2.24) is 4.90 Å². The summed E-state index contributed by atoms with van der Waals surface area (Å²) >= 11 is 0. The molecule has 0 spiro atoms. The summed E-state index contributed by atoms with van der Waals surface area (Å²) in [6.07, 6.45) is 0. The molecule has 0 saturated heterocycles. The summed E-state index contributed by atoms with van der Waals surface area (Å²) in [5, 5.41) is 0. The van der Waals surface area contributed by atoms with Gasteiger partial charge in [0.2, 0.25) is 0 Å². The van der Waals surface area contributed by atoms with Crippen molar-refractivity contribution < 1.29 is 4.65 Å². The SMILES string of the molecule is CN(C)CCOBc1[c]ccc(-c2ccccc2)c1. The van der Waals surface area contributed by atoms with E-state index in [-0.39, 0.29) is 0 Å². The third-order valence-electron chi connectivity index (χ3n) is 2.91. The first-order valence-corrected chi connectivity index (χ1v) is 6.54. The van der Waals surface area contributed by atoms with Crippen LogP contribution in [0.3, 0.4) is 0 Å². The summed E-state index contributed by atoms with van der Waals surface area (Å²) in [6.45, 7) is 1.69. The molecule has 0 aromatic heterocycles. The molecular weight excluding hydrogens is 233 g/mol. The zero-order chi connectivity index (χ0) is 13.5. The fourth-order valence-corrected chi connectivity index (χ4v) is 1.84. The summed E-state index contributed by atoms with van der Waals surface area (Å²) < 4.78 is 5.65. The van der Waals surface area contributed by atoms with E-state index in [0.717, 1.165) is 18.6 Å². The highest BCUT2D eigenvalue weighted by Gasteiger charge is 2.01. The van der Waals surface area contributed by atoms with Crippen LogP contribution in [-0.2, 0) is 4.65 Å². The molecule has 0 aliphatic heterocycles. The van der Waals surface area contributed by atoms with Crippen LogP contribution < -0.4 is 5.46 Å². The van der Waals surface area contributed by atoms with Gasteiger partial charge in [-0.2, -0.15) is 0 Å². The predicted molar refractivity (Wildman–Crippen MR) is 82.0 cm³/mol. The lowest BCUT2D eigenvalue weighted by Crippen LogP contribution is -2.24. The Morgan fingerprint density at radius 3 is 2.63 bits per heavy atom. The maximum atomic E-state index is 5.65. The van der Waals surface area contributed by atoms with Gasteiger partial charge in [0.15, 0.2) is 0 Å². The molecule has 0 bridgehead atoms. The standard InChI is InChI=1S/C16H19BNO/c1-18(2)11-12-19-17-16-10-6-9-15(13-16)14-7-4-3-5-8-14/h3-9,13,17H,11-12H2,1-2H3. The largest absolute Gasteiger partial charge is 0.433 e. The van der Waals surface area contributed by atoms with Crippen molar-refractivity contribution in [3.63, 3.8) is 0 Å². The second-order valence-electron chi connectivity index (χ2n) is 4.82. The predicted octanol–water partition coefficient (Wildman–Crippen LogP) is 1.71. The monoisotopic (exact) mass is 252 g/mol. The van der Waals surface area contributed by atoms with E-state index in [1.54, 1.807) is 0 Å². The fourth-order valence-electron chi connectivity index (χ4n) is 1.84. The average Bonchev–Trinajstić information content (AvgIpc) is 2.45. The Labute approximate surface area is 116 Å². The van der Waals surface area contributed by atoms with Crippen LogP contribution in [-0.4, -0.2) is 39.6 Å². The van der Waals surface area contributed by atoms with Gasteiger partial charge in [-0.15, -0.1) is 0 Å². The highest BCUT2D eigenvalue weighted by Crippen LogP contribution is 2.16. The van der Waals surface area contributed by atoms with Crippen LogP contribution in [0.4, 0.5) is 0 Å². The van der Waals surface area contributed by atoms with Gasteiger partial charge in [-0.05, 0) is 36.8 Å². The van der Waals surface area contributed by atoms with Gasteiger partial charge in [0.1, 0.15) is 0 Å². The molecule has 97 valence electrons. The van der Waals surface area contributed by atoms with Crippen LogP contribution in [0.25, 0.3) is 11.1 Å². The molecule has 2 aromatic carbocycles. The molecule has 2 aromatic rings. The normalized spacial score (nSPS) is 10.7. The maximum absolute atomic E-state index is 5.65. The molecule has 0 aliphatic rings. The van der Waals surface area contributed by atoms with Crippen LogP contribution >= 0.6 is 0 Å². The molecule has 3 heteroatoms. The van der Waals surface area contributed by atoms with Crippen LogP contribution in [0.2, 0.25) is 0 Å². The summed E-state index contributed by atoms with van der Waals surface area (Å²) in [4.78, 5) is 2.12. The quantitative estimate of drug-likeness (QED) is 0.573. The zero-order valence-corrected chi connectivity index (χ0v) is 11.6. The second kappa shape index (κ2) is 7.12. The second-order valence-corrected chi connectivity index (χ2v) is 4.82. The van der Waals surface area contributed by atoms with Crippen molar-refractivity contribution in [2.45, 2.75) is 0 Å². The van der Waals surface area contributed by atoms with Gasteiger partial charge in [0.05, 0.1) is 0 Å². The van der Waals surface area contributed by atoms with Crippen LogP contribution in [0.1, 0.15) is 0 Å². The van der Waals surface area contributed by atoms with E-state index in [1.807, 2.05) is 26.2 Å². The molecule has 0 amide bonds. The van der Waals surface area contributed by atoms with Crippen LogP contribution in [0.15, 0.2) is 48.5 Å². The van der Waals surface area contributed by atoms with E-state index >= 15 is 0 Å². The molecule has 0 heterocycles. The van der Waals surface area contributed by atoms with Crippen molar-refractivity contribution in [3.8, 4) is 11.1 Å². The van der Waals surface area contributed by atoms with Crippen molar-refractivity contribution >= 4 is 12.9 Å². The smallest absolute Gasteiger partial charge is 0.309 e. The van der Waals surface area contributed by atoms with E-state index in [1.165, 1.54) is 11.1 Å². The number of likely N-dealkylation sites (N-methyl/N-ethyl adjacent to an activating group) is 1. The highest BCUT2D eigenvalue weighted by molar-refractivity contribution is 6.46. The Balaban J connectivity index is 1.96. The number of hydrogen-bond donors (Lipinski definition) is 0. The van der Waals surface area contributed by atoms with Crippen LogP contribution in [0.5, 0.6) is 0 Å². The Bertz CT molecular complexity index is 499. The summed E-state index contributed by atoms with van der Waals surface area (Å²) in [6, 6.07) is 19.8. The van der Waals surface area contributed by atoms with Crippen molar-refractivity contribution in [3.05, 3.63) is 54.6 Å². The molecule has 0 unspecified atom stereocenters. The zero-order valence-electron chi connectivity index (χ0n) is 11.6. The minimum atomic E-state index is 0.620. The molecule has 0 N–H and O–H groups in total. The van der Waals surface area contributed by atoms with Gasteiger partial charge in [-0.1, -0.05) is 48.5 Å². The third-order valence-corrected chi connectivity index (χ3v) is 2.91. The molecule has 19 heavy (non-hydrogen) atoms. The molecule has 0 aliphatic carbocycles. The van der Waals surface area contributed by atoms with Crippen LogP contribution in [0, 0.1) is 6.07 Å². The number of nitrogens with zero attached hydrogens (tertiary/aromatic N) is 1. The lowest BCUT2D eigenvalue weighted by atomic mass is 9.86. The van der Waals surface area contributed by atoms with Crippen molar-refractivity contribution in [2.75, 3.05) is 27.2 Å². The molecule has 2 rings (SSSR count). The maximum Gasteiger partial charge on any atom is 0.309 e.